The van der Waals surface area contributed by atoms with Crippen LogP contribution in [0.1, 0.15) is 86.7 Å². The maximum atomic E-state index is 14.4. The lowest BCUT2D eigenvalue weighted by atomic mass is 9.83. The number of hydrogen-bond donors (Lipinski definition) is 0. The van der Waals surface area contributed by atoms with E-state index in [1.807, 2.05) is 11.0 Å². The summed E-state index contributed by atoms with van der Waals surface area (Å²) in [7, 11) is 1.80. The van der Waals surface area contributed by atoms with E-state index in [4.69, 9.17) is 5.10 Å². The molecular formula is C30H36F2N6O. The monoisotopic (exact) mass is 534 g/mol. The maximum absolute atomic E-state index is 14.4. The number of carbonyl (C=O) groups excluding carboxylic acids is 1. The number of amides is 1. The Balaban J connectivity index is 1.32. The van der Waals surface area contributed by atoms with E-state index in [0.29, 0.717) is 35.7 Å². The van der Waals surface area contributed by atoms with Gasteiger partial charge >= 0.3 is 0 Å². The molecule has 2 saturated carbocycles. The fourth-order valence-corrected chi connectivity index (χ4v) is 7.21. The van der Waals surface area contributed by atoms with Gasteiger partial charge in [0, 0.05) is 67.8 Å². The highest BCUT2D eigenvalue weighted by Gasteiger charge is 2.46. The number of alkyl halides is 2. The molecule has 206 valence electrons. The van der Waals surface area contributed by atoms with E-state index in [1.165, 1.54) is 31.4 Å². The van der Waals surface area contributed by atoms with Crippen LogP contribution in [0.3, 0.4) is 0 Å². The van der Waals surface area contributed by atoms with Crippen LogP contribution in [0.5, 0.6) is 0 Å². The lowest BCUT2D eigenvalue weighted by molar-refractivity contribution is -0.129. The predicted molar refractivity (Wildman–Crippen MR) is 145 cm³/mol. The summed E-state index contributed by atoms with van der Waals surface area (Å²) in [5.74, 6) is 0.908. The molecule has 0 unspecified atom stereocenters. The van der Waals surface area contributed by atoms with E-state index >= 15 is 0 Å². The summed E-state index contributed by atoms with van der Waals surface area (Å²) in [5, 5.41) is 9.48. The molecule has 1 aromatic carbocycles. The fourth-order valence-electron chi connectivity index (χ4n) is 7.21. The number of benzene rings is 1. The predicted octanol–water partition coefficient (Wildman–Crippen LogP) is 6.11. The topological polar surface area (TPSA) is 59.2 Å². The highest BCUT2D eigenvalue weighted by Crippen LogP contribution is 2.58. The lowest BCUT2D eigenvalue weighted by Crippen LogP contribution is -2.36. The minimum Gasteiger partial charge on any atom is -0.338 e. The molecule has 4 aliphatic rings. The zero-order valence-electron chi connectivity index (χ0n) is 22.8. The van der Waals surface area contributed by atoms with Crippen molar-refractivity contribution in [2.45, 2.75) is 83.7 Å². The Morgan fingerprint density at radius 2 is 1.90 bits per heavy atom. The van der Waals surface area contributed by atoms with Gasteiger partial charge in [-0.15, -0.1) is 0 Å². The highest BCUT2D eigenvalue weighted by molar-refractivity contribution is 5.78. The molecule has 2 aromatic heterocycles. The summed E-state index contributed by atoms with van der Waals surface area (Å²) < 4.78 is 32.8. The highest BCUT2D eigenvalue weighted by atomic mass is 19.3. The first-order valence-corrected chi connectivity index (χ1v) is 14.4. The summed E-state index contributed by atoms with van der Waals surface area (Å²) in [4.78, 5) is 16.4. The number of carbonyl (C=O) groups is 1. The van der Waals surface area contributed by atoms with Crippen LogP contribution in [0.2, 0.25) is 0 Å². The summed E-state index contributed by atoms with van der Waals surface area (Å²) in [6, 6.07) is 3.98. The largest absolute Gasteiger partial charge is 0.338 e. The molecule has 4 heterocycles. The average molecular weight is 535 g/mol. The molecule has 0 bridgehead atoms. The third-order valence-electron chi connectivity index (χ3n) is 9.70. The van der Waals surface area contributed by atoms with Crippen molar-refractivity contribution < 1.29 is 13.6 Å². The molecule has 7 nitrogen and oxygen atoms in total. The molecule has 2 fully saturated rings. The zero-order valence-corrected chi connectivity index (χ0v) is 22.8. The van der Waals surface area contributed by atoms with Gasteiger partial charge in [-0.25, -0.2) is 8.78 Å². The maximum Gasteiger partial charge on any atom is 0.264 e. The first kappa shape index (κ1) is 24.8. The summed E-state index contributed by atoms with van der Waals surface area (Å²) in [6.07, 6.45) is 10.9. The third-order valence-corrected chi connectivity index (χ3v) is 9.70. The van der Waals surface area contributed by atoms with Crippen molar-refractivity contribution in [3.63, 3.8) is 0 Å². The van der Waals surface area contributed by atoms with Crippen LogP contribution in [0, 0.1) is 5.41 Å². The van der Waals surface area contributed by atoms with Gasteiger partial charge in [0.1, 0.15) is 0 Å². The normalized spacial score (nSPS) is 20.4. The second-order valence-electron chi connectivity index (χ2n) is 12.1. The number of halogens is 2. The van der Waals surface area contributed by atoms with Crippen LogP contribution >= 0.6 is 0 Å². The zero-order chi connectivity index (χ0) is 26.9. The molecule has 0 atom stereocenters. The Labute approximate surface area is 227 Å². The van der Waals surface area contributed by atoms with Crippen molar-refractivity contribution in [1.29, 1.82) is 0 Å². The second-order valence-corrected chi connectivity index (χ2v) is 12.1. The van der Waals surface area contributed by atoms with Crippen molar-refractivity contribution in [3.8, 4) is 11.1 Å². The standard InChI is InChI=1S/C30H36F2N6O/c1-19(39)36-13-7-26-25(18-36)29(34-38(26)22-5-8-30(9-6-22)10-11-30)37-12-3-4-20-14-23(21-16-33-35(2)17-21)24(28(31)32)15-27(20)37/h14-17,22,28H,3-13,18H2,1-2H3. The van der Waals surface area contributed by atoms with Gasteiger partial charge in [0.2, 0.25) is 5.91 Å². The van der Waals surface area contributed by atoms with Gasteiger partial charge in [0.15, 0.2) is 5.82 Å². The van der Waals surface area contributed by atoms with Crippen molar-refractivity contribution in [3.05, 3.63) is 46.9 Å². The van der Waals surface area contributed by atoms with Crippen LogP contribution in [-0.4, -0.2) is 43.5 Å². The van der Waals surface area contributed by atoms with Crippen molar-refractivity contribution >= 4 is 17.4 Å². The van der Waals surface area contributed by atoms with E-state index in [-0.39, 0.29) is 11.5 Å². The van der Waals surface area contributed by atoms with Crippen LogP contribution in [0.15, 0.2) is 24.5 Å². The summed E-state index contributed by atoms with van der Waals surface area (Å²) >= 11 is 0. The number of rotatable bonds is 4. The molecule has 0 saturated heterocycles. The van der Waals surface area contributed by atoms with Crippen molar-refractivity contribution in [2.75, 3.05) is 18.0 Å². The van der Waals surface area contributed by atoms with E-state index in [0.717, 1.165) is 61.3 Å². The number of nitrogens with zero attached hydrogens (tertiary/aromatic N) is 6. The molecule has 2 aliphatic heterocycles. The first-order valence-electron chi connectivity index (χ1n) is 14.4. The van der Waals surface area contributed by atoms with Crippen LogP contribution in [0.4, 0.5) is 20.3 Å². The quantitative estimate of drug-likeness (QED) is 0.406. The molecule has 3 aromatic rings. The molecule has 7 rings (SSSR count). The van der Waals surface area contributed by atoms with Crippen LogP contribution in [0.25, 0.3) is 11.1 Å². The van der Waals surface area contributed by atoms with E-state index in [2.05, 4.69) is 14.7 Å². The summed E-state index contributed by atoms with van der Waals surface area (Å²) in [5.41, 5.74) is 6.06. The number of fused-ring (bicyclic) bond motifs is 2. The number of aromatic nitrogens is 4. The minimum absolute atomic E-state index is 0.0225. The van der Waals surface area contributed by atoms with E-state index in [9.17, 15) is 13.6 Å². The molecule has 2 aliphatic carbocycles. The summed E-state index contributed by atoms with van der Waals surface area (Å²) in [6.45, 7) is 3.57. The van der Waals surface area contributed by atoms with Gasteiger partial charge < -0.3 is 9.80 Å². The van der Waals surface area contributed by atoms with Crippen LogP contribution < -0.4 is 4.90 Å². The molecule has 1 amide bonds. The SMILES string of the molecule is CC(=O)N1CCc2c(c(N3CCCc4cc(-c5cnn(C)c5)c(C(F)F)cc43)nn2C2CCC3(CC2)CC3)C1. The first-order chi connectivity index (χ1) is 18.8. The Hall–Kier alpha value is -3.23. The van der Waals surface area contributed by atoms with E-state index < -0.39 is 6.43 Å². The number of hydrogen-bond acceptors (Lipinski definition) is 4. The second kappa shape index (κ2) is 9.17. The molecule has 0 N–H and O–H groups in total. The molecular weight excluding hydrogens is 498 g/mol. The Kier molecular flexibility index (Phi) is 5.83. The molecule has 39 heavy (non-hydrogen) atoms. The van der Waals surface area contributed by atoms with E-state index in [1.54, 1.807) is 37.1 Å². The third kappa shape index (κ3) is 4.25. The van der Waals surface area contributed by atoms with Crippen molar-refractivity contribution in [1.82, 2.24) is 24.5 Å². The Bertz CT molecular complexity index is 1430. The Morgan fingerprint density at radius 1 is 1.10 bits per heavy atom. The lowest BCUT2D eigenvalue weighted by Gasteiger charge is -2.33. The molecule has 1 spiro atoms. The Morgan fingerprint density at radius 3 is 2.56 bits per heavy atom. The number of aryl methyl sites for hydroxylation is 2. The van der Waals surface area contributed by atoms with Gasteiger partial charge in [-0.3, -0.25) is 14.2 Å². The van der Waals surface area contributed by atoms with Gasteiger partial charge in [-0.2, -0.15) is 10.2 Å². The average Bonchev–Trinajstić information content (AvgIpc) is 3.36. The van der Waals surface area contributed by atoms with Gasteiger partial charge in [-0.05, 0) is 80.0 Å². The smallest absolute Gasteiger partial charge is 0.264 e. The van der Waals surface area contributed by atoms with Crippen LogP contribution in [-0.2, 0) is 31.2 Å². The molecule has 0 radical (unpaired) electrons. The molecule has 9 heteroatoms. The van der Waals surface area contributed by atoms with Gasteiger partial charge in [0.25, 0.3) is 6.43 Å². The number of anilines is 2. The van der Waals surface area contributed by atoms with Crippen molar-refractivity contribution in [2.24, 2.45) is 12.5 Å². The van der Waals surface area contributed by atoms with Gasteiger partial charge in [0.05, 0.1) is 18.8 Å². The fraction of sp³-hybridized carbons (Fsp3) is 0.567. The van der Waals surface area contributed by atoms with Gasteiger partial charge in [-0.1, -0.05) is 0 Å². The minimum atomic E-state index is -2.61.